The summed E-state index contributed by atoms with van der Waals surface area (Å²) in [6, 6.07) is 0. The van der Waals surface area contributed by atoms with Gasteiger partial charge in [0.25, 0.3) is 0 Å². The molecule has 0 amide bonds. The van der Waals surface area contributed by atoms with Gasteiger partial charge in [-0.15, -0.1) is 0 Å². The third kappa shape index (κ3) is 7.75. The summed E-state index contributed by atoms with van der Waals surface area (Å²) in [6.45, 7) is 8.77. The van der Waals surface area contributed by atoms with Crippen LogP contribution in [0.5, 0.6) is 0 Å². The summed E-state index contributed by atoms with van der Waals surface area (Å²) >= 11 is 3.48. The Kier molecular flexibility index (Phi) is 8.53. The lowest BCUT2D eigenvalue weighted by Crippen LogP contribution is -2.48. The predicted molar refractivity (Wildman–Crippen MR) is 82.6 cm³/mol. The number of nitrogens with zero attached hydrogens (tertiary/aromatic N) is 1. The molecule has 0 radical (unpaired) electrons. The molecule has 1 aliphatic heterocycles. The van der Waals surface area contributed by atoms with Crippen molar-refractivity contribution in [2.45, 2.75) is 64.4 Å². The third-order valence-electron chi connectivity index (χ3n) is 3.61. The molecule has 0 aromatic heterocycles. The standard InChI is InChI=1S/C15H30BrNO/c1-15(2)14-17(12-13-18-15)11-9-7-5-3-4-6-8-10-16/h3-14H2,1-2H3. The van der Waals surface area contributed by atoms with Crippen molar-refractivity contribution in [3.8, 4) is 0 Å². The molecule has 0 unspecified atom stereocenters. The van der Waals surface area contributed by atoms with Gasteiger partial charge in [0, 0.05) is 18.4 Å². The fourth-order valence-corrected chi connectivity index (χ4v) is 3.02. The van der Waals surface area contributed by atoms with E-state index in [1.165, 1.54) is 56.8 Å². The summed E-state index contributed by atoms with van der Waals surface area (Å²) in [5.74, 6) is 0. The highest BCUT2D eigenvalue weighted by atomic mass is 79.9. The Hall–Kier alpha value is 0.400. The maximum Gasteiger partial charge on any atom is 0.0753 e. The molecule has 1 rings (SSSR count). The van der Waals surface area contributed by atoms with Crippen molar-refractivity contribution in [2.75, 3.05) is 31.6 Å². The maximum atomic E-state index is 5.73. The second kappa shape index (κ2) is 9.33. The minimum atomic E-state index is 0.0634. The molecule has 0 aliphatic carbocycles. The van der Waals surface area contributed by atoms with Crippen molar-refractivity contribution >= 4 is 15.9 Å². The summed E-state index contributed by atoms with van der Waals surface area (Å²) in [5, 5.41) is 1.17. The van der Waals surface area contributed by atoms with E-state index in [-0.39, 0.29) is 5.60 Å². The molecule has 3 heteroatoms. The zero-order valence-electron chi connectivity index (χ0n) is 12.2. The van der Waals surface area contributed by atoms with E-state index in [9.17, 15) is 0 Å². The number of hydrogen-bond donors (Lipinski definition) is 0. The fraction of sp³-hybridized carbons (Fsp3) is 1.00. The topological polar surface area (TPSA) is 12.5 Å². The van der Waals surface area contributed by atoms with Gasteiger partial charge in [-0.2, -0.15) is 0 Å². The minimum absolute atomic E-state index is 0.0634. The van der Waals surface area contributed by atoms with Crippen LogP contribution in [0.3, 0.4) is 0 Å². The molecule has 108 valence electrons. The Morgan fingerprint density at radius 3 is 2.22 bits per heavy atom. The average molecular weight is 320 g/mol. The number of hydrogen-bond acceptors (Lipinski definition) is 2. The van der Waals surface area contributed by atoms with Crippen molar-refractivity contribution < 1.29 is 4.74 Å². The van der Waals surface area contributed by atoms with Crippen LogP contribution < -0.4 is 0 Å². The summed E-state index contributed by atoms with van der Waals surface area (Å²) in [6.07, 6.45) is 9.72. The Bertz CT molecular complexity index is 209. The second-order valence-corrected chi connectivity index (χ2v) is 6.84. The number of halogens is 1. The molecular formula is C15H30BrNO. The first kappa shape index (κ1) is 16.5. The van der Waals surface area contributed by atoms with Crippen LogP contribution in [0.4, 0.5) is 0 Å². The molecule has 0 atom stereocenters. The van der Waals surface area contributed by atoms with Gasteiger partial charge in [0.2, 0.25) is 0 Å². The van der Waals surface area contributed by atoms with Crippen LogP contribution in [-0.4, -0.2) is 42.1 Å². The van der Waals surface area contributed by atoms with Crippen LogP contribution in [0.15, 0.2) is 0 Å². The summed E-state index contributed by atoms with van der Waals surface area (Å²) in [7, 11) is 0. The predicted octanol–water partition coefficient (Wildman–Crippen LogP) is 4.22. The van der Waals surface area contributed by atoms with E-state index in [0.717, 1.165) is 19.7 Å². The van der Waals surface area contributed by atoms with E-state index in [4.69, 9.17) is 4.74 Å². The largest absolute Gasteiger partial charge is 0.373 e. The van der Waals surface area contributed by atoms with E-state index in [1.54, 1.807) is 0 Å². The smallest absolute Gasteiger partial charge is 0.0753 e. The highest BCUT2D eigenvalue weighted by Crippen LogP contribution is 2.17. The number of alkyl halides is 1. The zero-order chi connectivity index (χ0) is 13.3. The highest BCUT2D eigenvalue weighted by molar-refractivity contribution is 9.09. The van der Waals surface area contributed by atoms with E-state index in [1.807, 2.05) is 0 Å². The number of rotatable bonds is 9. The van der Waals surface area contributed by atoms with Crippen LogP contribution in [-0.2, 0) is 4.74 Å². The van der Waals surface area contributed by atoms with Crippen molar-refractivity contribution in [1.29, 1.82) is 0 Å². The van der Waals surface area contributed by atoms with Gasteiger partial charge in [-0.3, -0.25) is 4.90 Å². The average Bonchev–Trinajstić information content (AvgIpc) is 2.31. The molecule has 0 N–H and O–H groups in total. The molecule has 2 nitrogen and oxygen atoms in total. The van der Waals surface area contributed by atoms with Crippen molar-refractivity contribution in [2.24, 2.45) is 0 Å². The number of unbranched alkanes of at least 4 members (excludes halogenated alkanes) is 6. The van der Waals surface area contributed by atoms with Gasteiger partial charge in [0.15, 0.2) is 0 Å². The summed E-state index contributed by atoms with van der Waals surface area (Å²) < 4.78 is 5.73. The Morgan fingerprint density at radius 1 is 1.00 bits per heavy atom. The van der Waals surface area contributed by atoms with Crippen LogP contribution in [0.1, 0.15) is 58.8 Å². The first-order valence-electron chi connectivity index (χ1n) is 7.56. The van der Waals surface area contributed by atoms with Crippen molar-refractivity contribution in [3.63, 3.8) is 0 Å². The first-order chi connectivity index (χ1) is 8.64. The lowest BCUT2D eigenvalue weighted by atomic mass is 10.1. The van der Waals surface area contributed by atoms with Crippen LogP contribution in [0.2, 0.25) is 0 Å². The van der Waals surface area contributed by atoms with E-state index >= 15 is 0 Å². The normalized spacial score (nSPS) is 20.2. The number of ether oxygens (including phenoxy) is 1. The van der Waals surface area contributed by atoms with Crippen molar-refractivity contribution in [1.82, 2.24) is 4.90 Å². The second-order valence-electron chi connectivity index (χ2n) is 6.05. The molecule has 0 aromatic carbocycles. The van der Waals surface area contributed by atoms with Gasteiger partial charge in [0.05, 0.1) is 12.2 Å². The van der Waals surface area contributed by atoms with Crippen LogP contribution >= 0.6 is 15.9 Å². The van der Waals surface area contributed by atoms with Crippen LogP contribution in [0, 0.1) is 0 Å². The third-order valence-corrected chi connectivity index (χ3v) is 4.17. The monoisotopic (exact) mass is 319 g/mol. The van der Waals surface area contributed by atoms with E-state index in [2.05, 4.69) is 34.7 Å². The van der Waals surface area contributed by atoms with E-state index in [0.29, 0.717) is 0 Å². The quantitative estimate of drug-likeness (QED) is 0.466. The Labute approximate surface area is 122 Å². The molecule has 0 bridgehead atoms. The Morgan fingerprint density at radius 2 is 1.61 bits per heavy atom. The molecule has 1 heterocycles. The summed E-state index contributed by atoms with van der Waals surface area (Å²) in [5.41, 5.74) is 0.0634. The van der Waals surface area contributed by atoms with Gasteiger partial charge in [-0.05, 0) is 33.2 Å². The zero-order valence-corrected chi connectivity index (χ0v) is 13.8. The lowest BCUT2D eigenvalue weighted by Gasteiger charge is -2.38. The molecule has 1 fully saturated rings. The minimum Gasteiger partial charge on any atom is -0.373 e. The van der Waals surface area contributed by atoms with Gasteiger partial charge in [-0.25, -0.2) is 0 Å². The molecule has 0 spiro atoms. The molecule has 18 heavy (non-hydrogen) atoms. The molecule has 1 aliphatic rings. The van der Waals surface area contributed by atoms with Gasteiger partial charge >= 0.3 is 0 Å². The molecule has 1 saturated heterocycles. The van der Waals surface area contributed by atoms with Crippen molar-refractivity contribution in [3.05, 3.63) is 0 Å². The Balaban J connectivity index is 1.91. The van der Waals surface area contributed by atoms with E-state index < -0.39 is 0 Å². The molecule has 0 aromatic rings. The molecule has 0 saturated carbocycles. The first-order valence-corrected chi connectivity index (χ1v) is 8.68. The fourth-order valence-electron chi connectivity index (χ4n) is 2.62. The lowest BCUT2D eigenvalue weighted by molar-refractivity contribution is -0.0861. The highest BCUT2D eigenvalue weighted by Gasteiger charge is 2.26. The summed E-state index contributed by atoms with van der Waals surface area (Å²) in [4.78, 5) is 2.56. The van der Waals surface area contributed by atoms with Gasteiger partial charge < -0.3 is 4.74 Å². The van der Waals surface area contributed by atoms with Crippen LogP contribution in [0.25, 0.3) is 0 Å². The molecular weight excluding hydrogens is 290 g/mol. The SMILES string of the molecule is CC1(C)CN(CCCCCCCCCBr)CCO1. The number of morpholine rings is 1. The van der Waals surface area contributed by atoms with Gasteiger partial charge in [-0.1, -0.05) is 48.0 Å². The maximum absolute atomic E-state index is 5.73. The van der Waals surface area contributed by atoms with Gasteiger partial charge in [0.1, 0.15) is 0 Å².